The van der Waals surface area contributed by atoms with Gasteiger partial charge in [-0.1, -0.05) is 50.2 Å². The van der Waals surface area contributed by atoms with Crippen molar-refractivity contribution < 1.29 is 5.11 Å². The highest BCUT2D eigenvalue weighted by atomic mass is 16.3. The molecule has 0 unspecified atom stereocenters. The molecule has 0 saturated heterocycles. The number of phenolic OH excluding ortho intramolecular Hbond substituents is 1. The summed E-state index contributed by atoms with van der Waals surface area (Å²) in [6, 6.07) is 15.9. The molecule has 0 saturated carbocycles. The van der Waals surface area contributed by atoms with Crippen molar-refractivity contribution in [3.05, 3.63) is 54.1 Å². The first kappa shape index (κ1) is 11.7. The van der Waals surface area contributed by atoms with Crippen LogP contribution in [0.15, 0.2) is 48.5 Å². The van der Waals surface area contributed by atoms with Crippen LogP contribution >= 0.6 is 0 Å². The number of hydrogen-bond acceptors (Lipinski definition) is 1. The normalized spacial score (nSPS) is 10.8. The Kier molecular flexibility index (Phi) is 3.48. The van der Waals surface area contributed by atoms with E-state index in [2.05, 4.69) is 38.1 Å². The van der Waals surface area contributed by atoms with E-state index in [9.17, 15) is 5.11 Å². The number of rotatable bonds is 3. The fourth-order valence-electron chi connectivity index (χ4n) is 2.03. The Morgan fingerprint density at radius 2 is 1.59 bits per heavy atom. The minimum atomic E-state index is 0.316. The summed E-state index contributed by atoms with van der Waals surface area (Å²) < 4.78 is 0. The van der Waals surface area contributed by atoms with Crippen LogP contribution in [0.3, 0.4) is 0 Å². The zero-order chi connectivity index (χ0) is 12.3. The van der Waals surface area contributed by atoms with Crippen LogP contribution in [0.2, 0.25) is 0 Å². The van der Waals surface area contributed by atoms with E-state index in [0.29, 0.717) is 11.7 Å². The van der Waals surface area contributed by atoms with Gasteiger partial charge in [0.15, 0.2) is 0 Å². The molecule has 0 amide bonds. The van der Waals surface area contributed by atoms with Crippen molar-refractivity contribution in [1.82, 2.24) is 0 Å². The van der Waals surface area contributed by atoms with Gasteiger partial charge in [-0.2, -0.15) is 0 Å². The second kappa shape index (κ2) is 5.05. The highest BCUT2D eigenvalue weighted by Crippen LogP contribution is 2.24. The molecular formula is C16H18O. The van der Waals surface area contributed by atoms with E-state index < -0.39 is 0 Å². The topological polar surface area (TPSA) is 20.2 Å². The lowest BCUT2D eigenvalue weighted by molar-refractivity contribution is 0.475. The molecule has 2 rings (SSSR count). The third-order valence-electron chi connectivity index (χ3n) is 2.75. The van der Waals surface area contributed by atoms with Crippen molar-refractivity contribution in [2.75, 3.05) is 0 Å². The van der Waals surface area contributed by atoms with Crippen LogP contribution in [0.1, 0.15) is 19.4 Å². The van der Waals surface area contributed by atoms with Gasteiger partial charge in [0.2, 0.25) is 0 Å². The second-order valence-corrected chi connectivity index (χ2v) is 4.85. The molecule has 0 aliphatic rings. The smallest absolute Gasteiger partial charge is 0.116 e. The van der Waals surface area contributed by atoms with Gasteiger partial charge in [0.05, 0.1) is 0 Å². The molecule has 0 atom stereocenters. The molecule has 0 aromatic heterocycles. The third kappa shape index (κ3) is 3.10. The van der Waals surface area contributed by atoms with E-state index in [1.165, 1.54) is 11.1 Å². The highest BCUT2D eigenvalue weighted by molar-refractivity contribution is 5.65. The van der Waals surface area contributed by atoms with Gasteiger partial charge in [-0.05, 0) is 41.2 Å². The average molecular weight is 226 g/mol. The average Bonchev–Trinajstić information content (AvgIpc) is 2.28. The van der Waals surface area contributed by atoms with E-state index in [1.54, 1.807) is 12.1 Å². The maximum atomic E-state index is 9.49. The maximum absolute atomic E-state index is 9.49. The molecule has 0 fully saturated rings. The summed E-state index contributed by atoms with van der Waals surface area (Å²) in [6.07, 6.45) is 1.09. The first-order valence-electron chi connectivity index (χ1n) is 6.03. The number of phenols is 1. The lowest BCUT2D eigenvalue weighted by Gasteiger charge is -2.08. The Labute approximate surface area is 103 Å². The zero-order valence-corrected chi connectivity index (χ0v) is 10.4. The molecule has 17 heavy (non-hydrogen) atoms. The number of benzene rings is 2. The summed E-state index contributed by atoms with van der Waals surface area (Å²) in [6.45, 7) is 4.45. The van der Waals surface area contributed by atoms with E-state index >= 15 is 0 Å². The van der Waals surface area contributed by atoms with E-state index in [1.807, 2.05) is 12.1 Å². The van der Waals surface area contributed by atoms with Gasteiger partial charge in [-0.15, -0.1) is 0 Å². The van der Waals surface area contributed by atoms with Gasteiger partial charge < -0.3 is 5.11 Å². The number of aromatic hydroxyl groups is 1. The summed E-state index contributed by atoms with van der Waals surface area (Å²) in [5.41, 5.74) is 3.58. The van der Waals surface area contributed by atoms with Crippen molar-refractivity contribution in [1.29, 1.82) is 0 Å². The summed E-state index contributed by atoms with van der Waals surface area (Å²) >= 11 is 0. The SMILES string of the molecule is CC(C)Cc1cccc(-c2cccc(O)c2)c1. The first-order valence-corrected chi connectivity index (χ1v) is 6.03. The molecule has 1 nitrogen and oxygen atoms in total. The fraction of sp³-hybridized carbons (Fsp3) is 0.250. The Morgan fingerprint density at radius 1 is 0.941 bits per heavy atom. The van der Waals surface area contributed by atoms with Gasteiger partial charge in [-0.3, -0.25) is 0 Å². The number of hydrogen-bond donors (Lipinski definition) is 1. The molecule has 2 aromatic carbocycles. The monoisotopic (exact) mass is 226 g/mol. The van der Waals surface area contributed by atoms with Crippen LogP contribution in [0.4, 0.5) is 0 Å². The predicted octanol–water partition coefficient (Wildman–Crippen LogP) is 4.26. The van der Waals surface area contributed by atoms with E-state index in [4.69, 9.17) is 0 Å². The molecule has 1 N–H and O–H groups in total. The molecule has 1 heteroatoms. The Balaban J connectivity index is 2.33. The van der Waals surface area contributed by atoms with Crippen molar-refractivity contribution in [3.8, 4) is 16.9 Å². The maximum Gasteiger partial charge on any atom is 0.116 e. The Morgan fingerprint density at radius 3 is 2.24 bits per heavy atom. The molecule has 0 aliphatic heterocycles. The lowest BCUT2D eigenvalue weighted by Crippen LogP contribution is -1.93. The quantitative estimate of drug-likeness (QED) is 0.829. The van der Waals surface area contributed by atoms with Gasteiger partial charge in [0.1, 0.15) is 5.75 Å². The second-order valence-electron chi connectivity index (χ2n) is 4.85. The summed E-state index contributed by atoms with van der Waals surface area (Å²) in [5.74, 6) is 0.978. The van der Waals surface area contributed by atoms with Crippen LogP contribution < -0.4 is 0 Å². The van der Waals surface area contributed by atoms with Gasteiger partial charge in [-0.25, -0.2) is 0 Å². The van der Waals surface area contributed by atoms with Crippen molar-refractivity contribution in [2.45, 2.75) is 20.3 Å². The minimum Gasteiger partial charge on any atom is -0.508 e. The van der Waals surface area contributed by atoms with Crippen molar-refractivity contribution in [3.63, 3.8) is 0 Å². The standard InChI is InChI=1S/C16H18O/c1-12(2)9-13-5-3-6-14(10-13)15-7-4-8-16(17)11-15/h3-8,10-12,17H,9H2,1-2H3. The van der Waals surface area contributed by atoms with Gasteiger partial charge in [0.25, 0.3) is 0 Å². The Bertz CT molecular complexity index is 500. The van der Waals surface area contributed by atoms with Crippen molar-refractivity contribution >= 4 is 0 Å². The fourth-order valence-corrected chi connectivity index (χ4v) is 2.03. The molecular weight excluding hydrogens is 208 g/mol. The molecule has 0 spiro atoms. The van der Waals surface area contributed by atoms with Crippen molar-refractivity contribution in [2.24, 2.45) is 5.92 Å². The molecule has 88 valence electrons. The summed E-state index contributed by atoms with van der Waals surface area (Å²) in [5, 5.41) is 9.49. The molecule has 0 radical (unpaired) electrons. The predicted molar refractivity (Wildman–Crippen MR) is 72.1 cm³/mol. The van der Waals surface area contributed by atoms with Crippen LogP contribution in [0, 0.1) is 5.92 Å². The third-order valence-corrected chi connectivity index (χ3v) is 2.75. The molecule has 0 bridgehead atoms. The highest BCUT2D eigenvalue weighted by Gasteiger charge is 2.02. The molecule has 0 aliphatic carbocycles. The van der Waals surface area contributed by atoms with Crippen LogP contribution in [0.25, 0.3) is 11.1 Å². The Hall–Kier alpha value is -1.76. The zero-order valence-electron chi connectivity index (χ0n) is 10.4. The minimum absolute atomic E-state index is 0.316. The van der Waals surface area contributed by atoms with Gasteiger partial charge >= 0.3 is 0 Å². The largest absolute Gasteiger partial charge is 0.508 e. The molecule has 2 aromatic rings. The van der Waals surface area contributed by atoms with E-state index in [0.717, 1.165) is 12.0 Å². The summed E-state index contributed by atoms with van der Waals surface area (Å²) in [7, 11) is 0. The lowest BCUT2D eigenvalue weighted by atomic mass is 9.98. The van der Waals surface area contributed by atoms with Crippen LogP contribution in [-0.2, 0) is 6.42 Å². The molecule has 0 heterocycles. The van der Waals surface area contributed by atoms with Crippen LogP contribution in [-0.4, -0.2) is 5.11 Å². The summed E-state index contributed by atoms with van der Waals surface area (Å²) in [4.78, 5) is 0. The first-order chi connectivity index (χ1) is 8.15. The van der Waals surface area contributed by atoms with Crippen LogP contribution in [0.5, 0.6) is 5.75 Å². The van der Waals surface area contributed by atoms with Gasteiger partial charge in [0, 0.05) is 0 Å². The van der Waals surface area contributed by atoms with E-state index in [-0.39, 0.29) is 0 Å².